The molecule has 0 radical (unpaired) electrons. The van der Waals surface area contributed by atoms with E-state index in [-0.39, 0.29) is 17.1 Å². The zero-order chi connectivity index (χ0) is 16.0. The zero-order valence-corrected chi connectivity index (χ0v) is 13.1. The van der Waals surface area contributed by atoms with Crippen molar-refractivity contribution >= 4 is 27.3 Å². The number of carbonyl (C=O) groups excluding carboxylic acids is 1. The third kappa shape index (κ3) is 4.61. The second-order valence-electron chi connectivity index (χ2n) is 4.67. The number of nitrogen functional groups attached to an aromatic ring is 1. The number of sulfonamides is 1. The quantitative estimate of drug-likeness (QED) is 0.595. The largest absolute Gasteiger partial charge is 0.398 e. The van der Waals surface area contributed by atoms with Gasteiger partial charge in [-0.05, 0) is 31.7 Å². The first-order valence-electron chi connectivity index (χ1n) is 6.68. The number of unbranched alkanes of at least 4 members (excludes halogenated alkanes) is 1. The molecule has 8 heteroatoms. The summed E-state index contributed by atoms with van der Waals surface area (Å²) in [5.41, 5.74) is 11.9. The average molecular weight is 314 g/mol. The van der Waals surface area contributed by atoms with Crippen LogP contribution in [-0.2, 0) is 14.8 Å². The molecule has 118 valence electrons. The highest BCUT2D eigenvalue weighted by molar-refractivity contribution is 7.89. The van der Waals surface area contributed by atoms with E-state index in [2.05, 4.69) is 4.72 Å². The fourth-order valence-corrected chi connectivity index (χ4v) is 2.76. The number of amides is 1. The standard InChI is InChI=1S/C13H22N4O3S/c1-3-4-7-17(9-13(15)18)10-5-6-12(11(14)8-10)21(19,20)16-2/h5-6,8,16H,3-4,7,9,14H2,1-2H3,(H2,15,18). The first-order chi connectivity index (χ1) is 9.81. The SMILES string of the molecule is CCCCN(CC(N)=O)c1ccc(S(=O)(=O)NC)c(N)c1. The molecule has 0 aromatic heterocycles. The summed E-state index contributed by atoms with van der Waals surface area (Å²) >= 11 is 0. The second kappa shape index (κ2) is 7.28. The van der Waals surface area contributed by atoms with Gasteiger partial charge in [-0.25, -0.2) is 13.1 Å². The van der Waals surface area contributed by atoms with Crippen LogP contribution in [0.1, 0.15) is 19.8 Å². The van der Waals surface area contributed by atoms with Crippen molar-refractivity contribution in [2.75, 3.05) is 30.8 Å². The highest BCUT2D eigenvalue weighted by Crippen LogP contribution is 2.25. The molecule has 0 spiro atoms. The maximum atomic E-state index is 11.8. The first-order valence-corrected chi connectivity index (χ1v) is 8.16. The maximum absolute atomic E-state index is 11.8. The molecule has 0 heterocycles. The summed E-state index contributed by atoms with van der Waals surface area (Å²) < 4.78 is 25.8. The third-order valence-electron chi connectivity index (χ3n) is 3.05. The summed E-state index contributed by atoms with van der Waals surface area (Å²) in [5, 5.41) is 0. The van der Waals surface area contributed by atoms with Crippen molar-refractivity contribution in [3.05, 3.63) is 18.2 Å². The van der Waals surface area contributed by atoms with Crippen molar-refractivity contribution in [3.8, 4) is 0 Å². The van der Waals surface area contributed by atoms with Gasteiger partial charge in [0.05, 0.1) is 12.2 Å². The molecule has 0 aliphatic heterocycles. The predicted molar refractivity (Wildman–Crippen MR) is 83.4 cm³/mol. The summed E-state index contributed by atoms with van der Waals surface area (Å²) in [6.45, 7) is 2.76. The van der Waals surface area contributed by atoms with Crippen molar-refractivity contribution in [2.45, 2.75) is 24.7 Å². The molecule has 0 saturated heterocycles. The van der Waals surface area contributed by atoms with Crippen LogP contribution < -0.4 is 21.1 Å². The summed E-state index contributed by atoms with van der Waals surface area (Å²) in [6.07, 6.45) is 1.86. The monoisotopic (exact) mass is 314 g/mol. The Morgan fingerprint density at radius 2 is 2.05 bits per heavy atom. The fourth-order valence-electron chi connectivity index (χ4n) is 1.92. The number of anilines is 2. The number of nitrogens with zero attached hydrogens (tertiary/aromatic N) is 1. The van der Waals surface area contributed by atoms with Crippen LogP contribution >= 0.6 is 0 Å². The Bertz CT molecular complexity index is 601. The van der Waals surface area contributed by atoms with Crippen LogP contribution in [0.25, 0.3) is 0 Å². The highest BCUT2D eigenvalue weighted by atomic mass is 32.2. The minimum absolute atomic E-state index is 0.0169. The molecule has 1 aromatic rings. The Labute approximate surface area is 125 Å². The molecular formula is C13H22N4O3S. The number of carbonyl (C=O) groups is 1. The average Bonchev–Trinajstić information content (AvgIpc) is 2.42. The number of nitrogens with two attached hydrogens (primary N) is 2. The number of hydrogen-bond acceptors (Lipinski definition) is 5. The van der Waals surface area contributed by atoms with Crippen LogP contribution in [0, 0.1) is 0 Å². The van der Waals surface area contributed by atoms with Gasteiger partial charge in [0.25, 0.3) is 0 Å². The normalized spacial score (nSPS) is 11.3. The molecule has 7 nitrogen and oxygen atoms in total. The van der Waals surface area contributed by atoms with Gasteiger partial charge in [-0.3, -0.25) is 4.79 Å². The summed E-state index contributed by atoms with van der Waals surface area (Å²) in [6, 6.07) is 4.60. The molecular weight excluding hydrogens is 292 g/mol. The van der Waals surface area contributed by atoms with Gasteiger partial charge in [-0.15, -0.1) is 0 Å². The van der Waals surface area contributed by atoms with Gasteiger partial charge in [0.15, 0.2) is 0 Å². The first kappa shape index (κ1) is 17.3. The van der Waals surface area contributed by atoms with Crippen molar-refractivity contribution in [1.82, 2.24) is 4.72 Å². The van der Waals surface area contributed by atoms with Crippen molar-refractivity contribution < 1.29 is 13.2 Å². The number of rotatable bonds is 8. The minimum atomic E-state index is -3.60. The van der Waals surface area contributed by atoms with Gasteiger partial charge in [0.1, 0.15) is 4.90 Å². The minimum Gasteiger partial charge on any atom is -0.398 e. The number of benzene rings is 1. The van der Waals surface area contributed by atoms with Crippen LogP contribution in [0.2, 0.25) is 0 Å². The van der Waals surface area contributed by atoms with Gasteiger partial charge in [0, 0.05) is 12.2 Å². The molecule has 5 N–H and O–H groups in total. The second-order valence-corrected chi connectivity index (χ2v) is 6.53. The van der Waals surface area contributed by atoms with Crippen molar-refractivity contribution in [2.24, 2.45) is 5.73 Å². The van der Waals surface area contributed by atoms with E-state index >= 15 is 0 Å². The topological polar surface area (TPSA) is 119 Å². The summed E-state index contributed by atoms with van der Waals surface area (Å²) in [5.74, 6) is -0.448. The van der Waals surface area contributed by atoms with E-state index in [1.807, 2.05) is 6.92 Å². The van der Waals surface area contributed by atoms with E-state index in [0.29, 0.717) is 12.2 Å². The van der Waals surface area contributed by atoms with E-state index in [1.54, 1.807) is 17.0 Å². The zero-order valence-electron chi connectivity index (χ0n) is 12.3. The smallest absolute Gasteiger partial charge is 0.242 e. The van der Waals surface area contributed by atoms with Crippen molar-refractivity contribution in [1.29, 1.82) is 0 Å². The molecule has 21 heavy (non-hydrogen) atoms. The van der Waals surface area contributed by atoms with E-state index < -0.39 is 15.9 Å². The third-order valence-corrected chi connectivity index (χ3v) is 4.53. The van der Waals surface area contributed by atoms with Gasteiger partial charge < -0.3 is 16.4 Å². The lowest BCUT2D eigenvalue weighted by Gasteiger charge is -2.24. The lowest BCUT2D eigenvalue weighted by Crippen LogP contribution is -2.34. The van der Waals surface area contributed by atoms with Gasteiger partial charge >= 0.3 is 0 Å². The molecule has 0 saturated carbocycles. The molecule has 0 fully saturated rings. The Kier molecular flexibility index (Phi) is 5.98. The number of primary amides is 1. The molecule has 1 amide bonds. The van der Waals surface area contributed by atoms with Crippen LogP contribution in [-0.4, -0.2) is 34.5 Å². The van der Waals surface area contributed by atoms with E-state index in [1.165, 1.54) is 13.1 Å². The van der Waals surface area contributed by atoms with Gasteiger partial charge in [-0.2, -0.15) is 0 Å². The Balaban J connectivity index is 3.11. The van der Waals surface area contributed by atoms with Crippen molar-refractivity contribution in [3.63, 3.8) is 0 Å². The van der Waals surface area contributed by atoms with Crippen LogP contribution in [0.4, 0.5) is 11.4 Å². The lowest BCUT2D eigenvalue weighted by molar-refractivity contribution is -0.116. The van der Waals surface area contributed by atoms with Gasteiger partial charge in [-0.1, -0.05) is 13.3 Å². The van der Waals surface area contributed by atoms with Crippen LogP contribution in [0.15, 0.2) is 23.1 Å². The van der Waals surface area contributed by atoms with Crippen LogP contribution in [0.5, 0.6) is 0 Å². The lowest BCUT2D eigenvalue weighted by atomic mass is 10.2. The number of hydrogen-bond donors (Lipinski definition) is 3. The molecule has 0 bridgehead atoms. The molecule has 1 rings (SSSR count). The molecule has 0 aliphatic carbocycles. The Hall–Kier alpha value is -1.80. The fraction of sp³-hybridized carbons (Fsp3) is 0.462. The van der Waals surface area contributed by atoms with Crippen LogP contribution in [0.3, 0.4) is 0 Å². The molecule has 1 aromatic carbocycles. The summed E-state index contributed by atoms with van der Waals surface area (Å²) in [4.78, 5) is 13.0. The highest BCUT2D eigenvalue weighted by Gasteiger charge is 2.17. The number of nitrogens with one attached hydrogen (secondary N) is 1. The van der Waals surface area contributed by atoms with Gasteiger partial charge in [0.2, 0.25) is 15.9 Å². The van der Waals surface area contributed by atoms with E-state index in [9.17, 15) is 13.2 Å². The summed E-state index contributed by atoms with van der Waals surface area (Å²) in [7, 11) is -2.27. The Morgan fingerprint density at radius 3 is 2.52 bits per heavy atom. The molecule has 0 aliphatic rings. The van der Waals surface area contributed by atoms with E-state index in [0.717, 1.165) is 12.8 Å². The Morgan fingerprint density at radius 1 is 1.38 bits per heavy atom. The van der Waals surface area contributed by atoms with E-state index in [4.69, 9.17) is 11.5 Å². The predicted octanol–water partition coefficient (Wildman–Crippen LogP) is 0.269. The molecule has 0 unspecified atom stereocenters. The maximum Gasteiger partial charge on any atom is 0.242 e. The molecule has 0 atom stereocenters.